The second-order valence-corrected chi connectivity index (χ2v) is 4.58. The van der Waals surface area contributed by atoms with Crippen LogP contribution in [0.5, 0.6) is 0 Å². The van der Waals surface area contributed by atoms with Crippen LogP contribution in [-0.4, -0.2) is 47.2 Å². The van der Waals surface area contributed by atoms with E-state index in [0.29, 0.717) is 11.4 Å². The number of hydrogen-bond acceptors (Lipinski definition) is 5. The first-order chi connectivity index (χ1) is 10.4. The van der Waals surface area contributed by atoms with E-state index in [2.05, 4.69) is 16.0 Å². The Kier molecular flexibility index (Phi) is 7.00. The zero-order chi connectivity index (χ0) is 16.5. The van der Waals surface area contributed by atoms with Crippen molar-refractivity contribution in [3.05, 3.63) is 24.3 Å². The molecule has 1 atom stereocenters. The van der Waals surface area contributed by atoms with Gasteiger partial charge in [0, 0.05) is 24.8 Å². The van der Waals surface area contributed by atoms with E-state index in [0.717, 1.165) is 0 Å². The summed E-state index contributed by atoms with van der Waals surface area (Å²) in [4.78, 5) is 33.7. The molecule has 0 aromatic heterocycles. The van der Waals surface area contributed by atoms with Gasteiger partial charge in [-0.05, 0) is 24.3 Å². The van der Waals surface area contributed by atoms with Crippen LogP contribution in [0.3, 0.4) is 0 Å². The monoisotopic (exact) mass is 309 g/mol. The fourth-order valence-electron chi connectivity index (χ4n) is 1.72. The topological polar surface area (TPSA) is 128 Å². The lowest BCUT2D eigenvalue weighted by molar-refractivity contribution is -0.141. The molecule has 0 heterocycles. The molecule has 0 fully saturated rings. The van der Waals surface area contributed by atoms with E-state index in [-0.39, 0.29) is 25.5 Å². The Balaban J connectivity index is 2.56. The Morgan fingerprint density at radius 3 is 2.09 bits per heavy atom. The second-order valence-electron chi connectivity index (χ2n) is 4.58. The molecule has 120 valence electrons. The molecule has 0 aliphatic carbocycles. The third-order valence-corrected chi connectivity index (χ3v) is 2.68. The van der Waals surface area contributed by atoms with Crippen LogP contribution >= 0.6 is 0 Å². The maximum atomic E-state index is 11.8. The molecule has 1 aromatic carbocycles. The Morgan fingerprint density at radius 2 is 1.64 bits per heavy atom. The maximum absolute atomic E-state index is 11.8. The van der Waals surface area contributed by atoms with Crippen molar-refractivity contribution >= 4 is 29.2 Å². The molecule has 5 N–H and O–H groups in total. The Labute approximate surface area is 127 Å². The van der Waals surface area contributed by atoms with Gasteiger partial charge in [0.15, 0.2) is 0 Å². The van der Waals surface area contributed by atoms with Gasteiger partial charge in [0.25, 0.3) is 0 Å². The number of benzene rings is 1. The van der Waals surface area contributed by atoms with Gasteiger partial charge in [-0.3, -0.25) is 14.4 Å². The fourth-order valence-corrected chi connectivity index (χ4v) is 1.72. The van der Waals surface area contributed by atoms with E-state index in [1.807, 2.05) is 0 Å². The number of anilines is 2. The lowest BCUT2D eigenvalue weighted by Gasteiger charge is -2.13. The largest absolute Gasteiger partial charge is 0.480 e. The van der Waals surface area contributed by atoms with Gasteiger partial charge in [-0.15, -0.1) is 0 Å². The second kappa shape index (κ2) is 8.75. The van der Waals surface area contributed by atoms with Gasteiger partial charge in [0.1, 0.15) is 6.04 Å². The van der Waals surface area contributed by atoms with Gasteiger partial charge in [0.2, 0.25) is 11.8 Å². The highest BCUT2D eigenvalue weighted by molar-refractivity contribution is 5.94. The van der Waals surface area contributed by atoms with Crippen molar-refractivity contribution < 1.29 is 24.6 Å². The third kappa shape index (κ3) is 6.33. The molecule has 0 spiro atoms. The van der Waals surface area contributed by atoms with E-state index in [9.17, 15) is 14.4 Å². The van der Waals surface area contributed by atoms with Gasteiger partial charge in [-0.2, -0.15) is 0 Å². The normalized spacial score (nSPS) is 11.5. The van der Waals surface area contributed by atoms with Crippen molar-refractivity contribution in [3.63, 3.8) is 0 Å². The molecular weight excluding hydrogens is 290 g/mol. The van der Waals surface area contributed by atoms with Crippen LogP contribution < -0.4 is 16.0 Å². The van der Waals surface area contributed by atoms with Crippen molar-refractivity contribution in [1.29, 1.82) is 0 Å². The van der Waals surface area contributed by atoms with E-state index in [1.54, 1.807) is 24.3 Å². The zero-order valence-corrected chi connectivity index (χ0v) is 12.1. The number of aliphatic hydroxyl groups is 1. The van der Waals surface area contributed by atoms with Crippen molar-refractivity contribution in [1.82, 2.24) is 5.32 Å². The summed E-state index contributed by atoms with van der Waals surface area (Å²) < 4.78 is 0. The SMILES string of the molecule is CC(=O)Nc1ccc(NC(=O)CC(NCCO)C(=O)O)cc1. The van der Waals surface area contributed by atoms with Gasteiger partial charge < -0.3 is 26.2 Å². The summed E-state index contributed by atoms with van der Waals surface area (Å²) in [6.45, 7) is 1.27. The first-order valence-electron chi connectivity index (χ1n) is 6.67. The van der Waals surface area contributed by atoms with Crippen LogP contribution in [0.15, 0.2) is 24.3 Å². The number of aliphatic carboxylic acids is 1. The van der Waals surface area contributed by atoms with Crippen LogP contribution in [0.25, 0.3) is 0 Å². The van der Waals surface area contributed by atoms with E-state index >= 15 is 0 Å². The molecule has 0 radical (unpaired) electrons. The zero-order valence-electron chi connectivity index (χ0n) is 12.1. The number of amides is 2. The van der Waals surface area contributed by atoms with Crippen LogP contribution in [0.4, 0.5) is 11.4 Å². The molecule has 1 rings (SSSR count). The molecular formula is C14H19N3O5. The van der Waals surface area contributed by atoms with Gasteiger partial charge in [-0.25, -0.2) is 0 Å². The number of carbonyl (C=O) groups excluding carboxylic acids is 2. The summed E-state index contributed by atoms with van der Waals surface area (Å²) in [6, 6.07) is 5.37. The number of carbonyl (C=O) groups is 3. The molecule has 8 heteroatoms. The summed E-state index contributed by atoms with van der Waals surface area (Å²) in [7, 11) is 0. The van der Waals surface area contributed by atoms with Crippen LogP contribution in [0.1, 0.15) is 13.3 Å². The van der Waals surface area contributed by atoms with Crippen molar-refractivity contribution in [2.45, 2.75) is 19.4 Å². The average Bonchev–Trinajstić information content (AvgIpc) is 2.44. The predicted molar refractivity (Wildman–Crippen MR) is 80.5 cm³/mol. The smallest absolute Gasteiger partial charge is 0.321 e. The van der Waals surface area contributed by atoms with E-state index < -0.39 is 17.9 Å². The van der Waals surface area contributed by atoms with Crippen LogP contribution in [0, 0.1) is 0 Å². The van der Waals surface area contributed by atoms with Crippen molar-refractivity contribution in [2.75, 3.05) is 23.8 Å². The molecule has 0 aliphatic rings. The standard InChI is InChI=1S/C14H19N3O5/c1-9(19)16-10-2-4-11(5-3-10)17-13(20)8-12(14(21)22)15-6-7-18/h2-5,12,15,18H,6-8H2,1H3,(H,16,19)(H,17,20)(H,21,22). The highest BCUT2D eigenvalue weighted by Gasteiger charge is 2.20. The van der Waals surface area contributed by atoms with Crippen LogP contribution in [0.2, 0.25) is 0 Å². The first kappa shape index (κ1) is 17.6. The average molecular weight is 309 g/mol. The van der Waals surface area contributed by atoms with Crippen molar-refractivity contribution in [2.24, 2.45) is 0 Å². The number of rotatable bonds is 8. The molecule has 1 unspecified atom stereocenters. The molecule has 22 heavy (non-hydrogen) atoms. The summed E-state index contributed by atoms with van der Waals surface area (Å²) in [5.41, 5.74) is 1.09. The summed E-state index contributed by atoms with van der Waals surface area (Å²) >= 11 is 0. The first-order valence-corrected chi connectivity index (χ1v) is 6.67. The van der Waals surface area contributed by atoms with E-state index in [1.165, 1.54) is 6.92 Å². The number of nitrogens with one attached hydrogen (secondary N) is 3. The third-order valence-electron chi connectivity index (χ3n) is 2.68. The Hall–Kier alpha value is -2.45. The van der Waals surface area contributed by atoms with Crippen LogP contribution in [-0.2, 0) is 14.4 Å². The predicted octanol–water partition coefficient (Wildman–Crippen LogP) is 0.00870. The number of carboxylic acids is 1. The van der Waals surface area contributed by atoms with Crippen molar-refractivity contribution in [3.8, 4) is 0 Å². The fraction of sp³-hybridized carbons (Fsp3) is 0.357. The van der Waals surface area contributed by atoms with Gasteiger partial charge in [0.05, 0.1) is 13.0 Å². The molecule has 0 bridgehead atoms. The summed E-state index contributed by atoms with van der Waals surface area (Å²) in [6.07, 6.45) is -0.261. The van der Waals surface area contributed by atoms with E-state index in [4.69, 9.17) is 10.2 Å². The molecule has 0 aliphatic heterocycles. The minimum Gasteiger partial charge on any atom is -0.480 e. The van der Waals surface area contributed by atoms with Gasteiger partial charge in [-0.1, -0.05) is 0 Å². The maximum Gasteiger partial charge on any atom is 0.321 e. The quantitative estimate of drug-likeness (QED) is 0.460. The number of aliphatic hydroxyl groups excluding tert-OH is 1. The molecule has 0 saturated carbocycles. The lowest BCUT2D eigenvalue weighted by atomic mass is 10.2. The highest BCUT2D eigenvalue weighted by Crippen LogP contribution is 2.14. The minimum absolute atomic E-state index is 0.0929. The Morgan fingerprint density at radius 1 is 1.09 bits per heavy atom. The highest BCUT2D eigenvalue weighted by atomic mass is 16.4. The Bertz CT molecular complexity index is 530. The molecule has 2 amide bonds. The molecule has 1 aromatic rings. The van der Waals surface area contributed by atoms with Gasteiger partial charge >= 0.3 is 5.97 Å². The number of carboxylic acid groups (broad SMARTS) is 1. The number of hydrogen-bond donors (Lipinski definition) is 5. The lowest BCUT2D eigenvalue weighted by Crippen LogP contribution is -2.41. The molecule has 8 nitrogen and oxygen atoms in total. The molecule has 0 saturated heterocycles. The summed E-state index contributed by atoms with van der Waals surface area (Å²) in [5, 5.41) is 25.4. The minimum atomic E-state index is -1.16. The summed E-state index contributed by atoms with van der Waals surface area (Å²) in [5.74, 6) is -1.83.